The summed E-state index contributed by atoms with van der Waals surface area (Å²) in [6, 6.07) is 9.05. The smallest absolute Gasteiger partial charge is 0.317 e. The van der Waals surface area contributed by atoms with Gasteiger partial charge in [-0.05, 0) is 56.9 Å². The molecule has 2 saturated heterocycles. The number of nitrogens with one attached hydrogen (secondary N) is 2. The van der Waals surface area contributed by atoms with E-state index in [1.807, 2.05) is 13.1 Å². The topological polar surface area (TPSA) is 73.5 Å². The Kier molecular flexibility index (Phi) is 4.87. The molecule has 1 aromatic carbocycles. The Morgan fingerprint density at radius 3 is 2.77 bits per heavy atom. The first kappa shape index (κ1) is 20.2. The predicted octanol–water partition coefficient (Wildman–Crippen LogP) is 3.44. The number of aromatic nitrogens is 2. The van der Waals surface area contributed by atoms with Gasteiger partial charge in [0, 0.05) is 49.4 Å². The average molecular weight is 424 g/mol. The summed E-state index contributed by atoms with van der Waals surface area (Å²) in [6.07, 6.45) is 6.50. The molecule has 3 fully saturated rings. The summed E-state index contributed by atoms with van der Waals surface area (Å²) in [5.74, 6) is 1.41. The third-order valence-corrected chi connectivity index (χ3v) is 8.07. The normalized spacial score (nSPS) is 31.2. The second kappa shape index (κ2) is 7.46. The molecular formula is C24H33N5O2. The highest BCUT2D eigenvalue weighted by atomic mass is 16.5. The van der Waals surface area contributed by atoms with Crippen molar-refractivity contribution in [3.05, 3.63) is 42.5 Å². The van der Waals surface area contributed by atoms with E-state index in [1.54, 1.807) is 6.33 Å². The van der Waals surface area contributed by atoms with E-state index < -0.39 is 0 Å². The summed E-state index contributed by atoms with van der Waals surface area (Å²) < 4.78 is 5.62. The van der Waals surface area contributed by atoms with E-state index in [9.17, 15) is 4.79 Å². The van der Waals surface area contributed by atoms with Crippen LogP contribution in [0.5, 0.6) is 5.75 Å². The van der Waals surface area contributed by atoms with Crippen molar-refractivity contribution in [2.45, 2.75) is 51.6 Å². The van der Waals surface area contributed by atoms with Gasteiger partial charge in [0.15, 0.2) is 0 Å². The highest BCUT2D eigenvalue weighted by Gasteiger charge is 2.70. The number of benzene rings is 1. The van der Waals surface area contributed by atoms with Crippen LogP contribution in [0.1, 0.15) is 39.3 Å². The van der Waals surface area contributed by atoms with Gasteiger partial charge in [0.1, 0.15) is 5.75 Å². The van der Waals surface area contributed by atoms with Crippen LogP contribution < -0.4 is 15.0 Å². The Morgan fingerprint density at radius 2 is 2.06 bits per heavy atom. The molecule has 2 N–H and O–H groups in total. The Morgan fingerprint density at radius 1 is 1.26 bits per heavy atom. The molecule has 0 radical (unpaired) electrons. The van der Waals surface area contributed by atoms with E-state index in [-0.39, 0.29) is 17.0 Å². The van der Waals surface area contributed by atoms with Crippen LogP contribution in [0.2, 0.25) is 0 Å². The number of H-pyrrole nitrogens is 1. The molecule has 2 amide bonds. The standard InChI is InChI=1S/C24H33N5O2/c1-4-31-20-7-5-19(6-8-20)28-14-17-11-23(2)21(28)12-24(23,3)29(15-17)22(30)26-10-9-18-13-25-16-27-18/h5-8,13,16-17,21H,4,9-12,14-15H2,1-3H3,(H,25,27)(H,26,30). The monoisotopic (exact) mass is 423 g/mol. The van der Waals surface area contributed by atoms with Crippen molar-refractivity contribution in [3.63, 3.8) is 0 Å². The lowest BCUT2D eigenvalue weighted by Crippen LogP contribution is -2.82. The summed E-state index contributed by atoms with van der Waals surface area (Å²) in [5, 5.41) is 3.14. The highest BCUT2D eigenvalue weighted by Crippen LogP contribution is 2.64. The quantitative estimate of drug-likeness (QED) is 0.747. The fraction of sp³-hybridized carbons (Fsp3) is 0.583. The number of piperidine rings is 2. The fourth-order valence-corrected chi connectivity index (χ4v) is 6.26. The maximum Gasteiger partial charge on any atom is 0.317 e. The van der Waals surface area contributed by atoms with Gasteiger partial charge in [-0.25, -0.2) is 9.78 Å². The molecule has 7 heteroatoms. The van der Waals surface area contributed by atoms with Crippen LogP contribution in [-0.4, -0.2) is 58.7 Å². The first-order valence-electron chi connectivity index (χ1n) is 11.5. The van der Waals surface area contributed by atoms with Gasteiger partial charge in [0.05, 0.1) is 24.2 Å². The minimum absolute atomic E-state index is 0.0712. The third kappa shape index (κ3) is 3.17. The first-order chi connectivity index (χ1) is 14.9. The molecule has 1 saturated carbocycles. The highest BCUT2D eigenvalue weighted by molar-refractivity contribution is 5.76. The second-order valence-electron chi connectivity index (χ2n) is 9.71. The van der Waals surface area contributed by atoms with E-state index in [4.69, 9.17) is 4.74 Å². The van der Waals surface area contributed by atoms with E-state index in [1.165, 1.54) is 12.1 Å². The van der Waals surface area contributed by atoms with Crippen LogP contribution >= 0.6 is 0 Å². The number of carbonyl (C=O) groups is 1. The number of likely N-dealkylation sites (tertiary alicyclic amines) is 1. The second-order valence-corrected chi connectivity index (χ2v) is 9.71. The van der Waals surface area contributed by atoms with Crippen LogP contribution in [0.4, 0.5) is 10.5 Å². The number of aromatic amines is 1. The number of hydrogen-bond acceptors (Lipinski definition) is 4. The van der Waals surface area contributed by atoms with E-state index >= 15 is 0 Å². The number of rotatable bonds is 6. The lowest BCUT2D eigenvalue weighted by molar-refractivity contribution is -0.161. The summed E-state index contributed by atoms with van der Waals surface area (Å²) in [4.78, 5) is 25.1. The van der Waals surface area contributed by atoms with Crippen molar-refractivity contribution in [3.8, 4) is 5.75 Å². The SMILES string of the molecule is CCOc1ccc(N2CC3CN(C(=O)NCCc4c[nH]cn4)C4(C)CC2C4(C)C3)cc1. The van der Waals surface area contributed by atoms with Crippen molar-refractivity contribution in [1.29, 1.82) is 0 Å². The van der Waals surface area contributed by atoms with Crippen molar-refractivity contribution in [2.75, 3.05) is 31.1 Å². The molecule has 2 bridgehead atoms. The molecule has 2 aromatic rings. The number of fused-ring (bicyclic) bond motifs is 1. The van der Waals surface area contributed by atoms with E-state index in [0.29, 0.717) is 25.1 Å². The molecule has 2 aliphatic heterocycles. The third-order valence-electron chi connectivity index (χ3n) is 8.07. The van der Waals surface area contributed by atoms with Gasteiger partial charge in [0.25, 0.3) is 0 Å². The Hall–Kier alpha value is -2.70. The molecule has 7 nitrogen and oxygen atoms in total. The van der Waals surface area contributed by atoms with Gasteiger partial charge >= 0.3 is 6.03 Å². The molecule has 1 aromatic heterocycles. The van der Waals surface area contributed by atoms with Gasteiger partial charge in [-0.15, -0.1) is 0 Å². The molecule has 3 heterocycles. The molecule has 31 heavy (non-hydrogen) atoms. The molecule has 166 valence electrons. The number of hydrogen-bond donors (Lipinski definition) is 2. The Labute approximate surface area is 184 Å². The number of urea groups is 1. The largest absolute Gasteiger partial charge is 0.494 e. The summed E-state index contributed by atoms with van der Waals surface area (Å²) in [5.41, 5.74) is 2.24. The zero-order valence-electron chi connectivity index (χ0n) is 18.7. The van der Waals surface area contributed by atoms with Gasteiger partial charge in [-0.1, -0.05) is 6.92 Å². The van der Waals surface area contributed by atoms with Crippen molar-refractivity contribution < 1.29 is 9.53 Å². The molecular weight excluding hydrogens is 390 g/mol. The lowest BCUT2D eigenvalue weighted by Gasteiger charge is -2.74. The van der Waals surface area contributed by atoms with Crippen LogP contribution in [0.3, 0.4) is 0 Å². The Bertz CT molecular complexity index is 930. The fourth-order valence-electron chi connectivity index (χ4n) is 6.26. The van der Waals surface area contributed by atoms with Gasteiger partial charge < -0.3 is 24.8 Å². The lowest BCUT2D eigenvalue weighted by atomic mass is 9.45. The molecule has 3 aliphatic rings. The maximum atomic E-state index is 13.1. The predicted molar refractivity (Wildman–Crippen MR) is 120 cm³/mol. The van der Waals surface area contributed by atoms with Crippen LogP contribution in [0.25, 0.3) is 0 Å². The molecule has 0 spiro atoms. The van der Waals surface area contributed by atoms with Crippen molar-refractivity contribution >= 4 is 11.7 Å². The van der Waals surface area contributed by atoms with Gasteiger partial charge in [0.2, 0.25) is 0 Å². The van der Waals surface area contributed by atoms with Crippen molar-refractivity contribution in [1.82, 2.24) is 20.2 Å². The van der Waals surface area contributed by atoms with Crippen LogP contribution in [0, 0.1) is 11.3 Å². The minimum atomic E-state index is -0.103. The van der Waals surface area contributed by atoms with Gasteiger partial charge in [-0.2, -0.15) is 0 Å². The number of nitrogens with zero attached hydrogens (tertiary/aromatic N) is 3. The summed E-state index contributed by atoms with van der Waals surface area (Å²) in [7, 11) is 0. The van der Waals surface area contributed by atoms with Crippen LogP contribution in [0.15, 0.2) is 36.8 Å². The average Bonchev–Trinajstić information content (AvgIpc) is 3.26. The first-order valence-corrected chi connectivity index (χ1v) is 11.5. The number of amides is 2. The Balaban J connectivity index is 1.29. The zero-order chi connectivity index (χ0) is 21.6. The van der Waals surface area contributed by atoms with E-state index in [0.717, 1.165) is 37.4 Å². The molecule has 4 unspecified atom stereocenters. The summed E-state index contributed by atoms with van der Waals surface area (Å²) in [6.45, 7) is 9.80. The van der Waals surface area contributed by atoms with E-state index in [2.05, 4.69) is 63.2 Å². The van der Waals surface area contributed by atoms with Crippen LogP contribution in [-0.2, 0) is 6.42 Å². The zero-order valence-corrected chi connectivity index (χ0v) is 18.7. The molecule has 4 atom stereocenters. The van der Waals surface area contributed by atoms with Gasteiger partial charge in [-0.3, -0.25) is 0 Å². The maximum absolute atomic E-state index is 13.1. The molecule has 1 aliphatic carbocycles. The number of imidazole rings is 1. The number of carbonyl (C=O) groups excluding carboxylic acids is 1. The minimum Gasteiger partial charge on any atom is -0.494 e. The van der Waals surface area contributed by atoms with Crippen molar-refractivity contribution in [2.24, 2.45) is 11.3 Å². The molecule has 5 rings (SSSR count). The summed E-state index contributed by atoms with van der Waals surface area (Å²) >= 11 is 0. The number of anilines is 1. The number of ether oxygens (including phenoxy) is 1.